The van der Waals surface area contributed by atoms with Gasteiger partial charge in [0.1, 0.15) is 0 Å². The number of rotatable bonds is 6. The van der Waals surface area contributed by atoms with Crippen LogP contribution in [-0.4, -0.2) is 42.2 Å². The summed E-state index contributed by atoms with van der Waals surface area (Å²) in [7, 11) is 0. The van der Waals surface area contributed by atoms with Gasteiger partial charge in [-0.3, -0.25) is 9.69 Å². The van der Waals surface area contributed by atoms with Gasteiger partial charge in [-0.15, -0.1) is 0 Å². The second kappa shape index (κ2) is 8.95. The van der Waals surface area contributed by atoms with E-state index in [0.717, 1.165) is 22.9 Å². The van der Waals surface area contributed by atoms with Gasteiger partial charge in [0.25, 0.3) is 0 Å². The standard InChI is InChI=1S/C12H15I3N2O2/c1-2-17(3-4-18)7-11(19)16-12-9(14)5-8(13)6-10(12)15/h5-6,18H,2-4,7H2,1H3,(H,16,19). The Bertz CT molecular complexity index is 432. The molecule has 0 radical (unpaired) electrons. The van der Waals surface area contributed by atoms with Crippen LogP contribution in [0.4, 0.5) is 5.69 Å². The van der Waals surface area contributed by atoms with E-state index in [2.05, 4.69) is 73.1 Å². The summed E-state index contributed by atoms with van der Waals surface area (Å²) in [6, 6.07) is 4.06. The Morgan fingerprint density at radius 3 is 2.37 bits per heavy atom. The van der Waals surface area contributed by atoms with Crippen molar-refractivity contribution >= 4 is 79.4 Å². The topological polar surface area (TPSA) is 52.6 Å². The van der Waals surface area contributed by atoms with Gasteiger partial charge < -0.3 is 10.4 Å². The lowest BCUT2D eigenvalue weighted by molar-refractivity contribution is -0.117. The Labute approximate surface area is 154 Å². The summed E-state index contributed by atoms with van der Waals surface area (Å²) in [6.45, 7) is 3.61. The Morgan fingerprint density at radius 2 is 1.89 bits per heavy atom. The number of amides is 1. The zero-order chi connectivity index (χ0) is 14.4. The molecule has 0 aliphatic rings. The minimum atomic E-state index is -0.0488. The van der Waals surface area contributed by atoms with E-state index < -0.39 is 0 Å². The molecule has 0 bridgehead atoms. The molecular formula is C12H15I3N2O2. The normalized spacial score (nSPS) is 10.8. The van der Waals surface area contributed by atoms with Crippen molar-refractivity contribution < 1.29 is 9.90 Å². The van der Waals surface area contributed by atoms with Crippen LogP contribution in [0.2, 0.25) is 0 Å². The van der Waals surface area contributed by atoms with Crippen molar-refractivity contribution in [3.8, 4) is 0 Å². The highest BCUT2D eigenvalue weighted by molar-refractivity contribution is 14.1. The van der Waals surface area contributed by atoms with Gasteiger partial charge >= 0.3 is 0 Å². The average molecular weight is 600 g/mol. The third kappa shape index (κ3) is 5.98. The first kappa shape index (κ1) is 17.9. The Kier molecular flexibility index (Phi) is 8.41. The third-order valence-electron chi connectivity index (χ3n) is 2.50. The lowest BCUT2D eigenvalue weighted by Gasteiger charge is -2.19. The van der Waals surface area contributed by atoms with Crippen LogP contribution < -0.4 is 5.32 Å². The molecule has 1 aromatic rings. The molecule has 1 amide bonds. The quantitative estimate of drug-likeness (QED) is 0.495. The van der Waals surface area contributed by atoms with Crippen molar-refractivity contribution in [3.05, 3.63) is 22.8 Å². The van der Waals surface area contributed by atoms with E-state index in [1.165, 1.54) is 0 Å². The first-order valence-electron chi connectivity index (χ1n) is 5.75. The summed E-state index contributed by atoms with van der Waals surface area (Å²) in [5.74, 6) is -0.0488. The van der Waals surface area contributed by atoms with Crippen LogP contribution in [0.25, 0.3) is 0 Å². The van der Waals surface area contributed by atoms with E-state index in [-0.39, 0.29) is 12.5 Å². The number of likely N-dealkylation sites (N-methyl/N-ethyl adjacent to an activating group) is 1. The van der Waals surface area contributed by atoms with Crippen molar-refractivity contribution in [3.63, 3.8) is 0 Å². The molecule has 0 aliphatic heterocycles. The Balaban J connectivity index is 2.72. The average Bonchev–Trinajstić information content (AvgIpc) is 2.33. The zero-order valence-electron chi connectivity index (χ0n) is 10.4. The van der Waals surface area contributed by atoms with Gasteiger partial charge in [0.05, 0.1) is 18.8 Å². The van der Waals surface area contributed by atoms with Crippen molar-refractivity contribution in [2.45, 2.75) is 6.92 Å². The molecule has 0 aliphatic carbocycles. The van der Waals surface area contributed by atoms with Crippen LogP contribution in [-0.2, 0) is 4.79 Å². The SMILES string of the molecule is CCN(CCO)CC(=O)Nc1c(I)cc(I)cc1I. The summed E-state index contributed by atoms with van der Waals surface area (Å²) >= 11 is 6.71. The van der Waals surface area contributed by atoms with Gasteiger partial charge in [0.2, 0.25) is 5.91 Å². The van der Waals surface area contributed by atoms with Crippen molar-refractivity contribution in [2.24, 2.45) is 0 Å². The van der Waals surface area contributed by atoms with Crippen LogP contribution in [0.1, 0.15) is 6.92 Å². The fourth-order valence-corrected chi connectivity index (χ4v) is 5.39. The molecule has 1 rings (SSSR count). The van der Waals surface area contributed by atoms with Crippen molar-refractivity contribution in [2.75, 3.05) is 31.6 Å². The molecule has 7 heteroatoms. The molecule has 0 aromatic heterocycles. The molecule has 2 N–H and O–H groups in total. The second-order valence-corrected chi connectivity index (χ2v) is 7.46. The van der Waals surface area contributed by atoms with Crippen LogP contribution >= 0.6 is 67.8 Å². The highest BCUT2D eigenvalue weighted by Crippen LogP contribution is 2.27. The summed E-state index contributed by atoms with van der Waals surface area (Å²) < 4.78 is 3.22. The number of benzene rings is 1. The number of aliphatic hydroxyl groups excluding tert-OH is 1. The zero-order valence-corrected chi connectivity index (χ0v) is 16.9. The molecule has 0 atom stereocenters. The molecule has 0 saturated heterocycles. The highest BCUT2D eigenvalue weighted by Gasteiger charge is 2.13. The number of nitrogens with one attached hydrogen (secondary N) is 1. The smallest absolute Gasteiger partial charge is 0.238 e. The summed E-state index contributed by atoms with van der Waals surface area (Å²) in [5, 5.41) is 11.9. The van der Waals surface area contributed by atoms with E-state index in [1.807, 2.05) is 24.0 Å². The molecule has 0 unspecified atom stereocenters. The third-order valence-corrected chi connectivity index (χ3v) is 4.83. The number of hydrogen-bond donors (Lipinski definition) is 2. The Morgan fingerprint density at radius 1 is 1.32 bits per heavy atom. The molecular weight excluding hydrogens is 585 g/mol. The monoisotopic (exact) mass is 600 g/mol. The lowest BCUT2D eigenvalue weighted by atomic mass is 10.3. The highest BCUT2D eigenvalue weighted by atomic mass is 127. The number of carbonyl (C=O) groups is 1. The number of nitrogens with zero attached hydrogens (tertiary/aromatic N) is 1. The van der Waals surface area contributed by atoms with E-state index in [9.17, 15) is 4.79 Å². The van der Waals surface area contributed by atoms with Crippen molar-refractivity contribution in [1.29, 1.82) is 0 Å². The van der Waals surface area contributed by atoms with Gasteiger partial charge in [-0.1, -0.05) is 6.92 Å². The number of carbonyl (C=O) groups excluding carboxylic acids is 1. The predicted molar refractivity (Wildman–Crippen MR) is 102 cm³/mol. The van der Waals surface area contributed by atoms with Gasteiger partial charge in [0.15, 0.2) is 0 Å². The van der Waals surface area contributed by atoms with Gasteiger partial charge in [-0.25, -0.2) is 0 Å². The van der Waals surface area contributed by atoms with E-state index in [1.54, 1.807) is 0 Å². The largest absolute Gasteiger partial charge is 0.395 e. The lowest BCUT2D eigenvalue weighted by Crippen LogP contribution is -2.35. The first-order chi connectivity index (χ1) is 8.97. The summed E-state index contributed by atoms with van der Waals surface area (Å²) in [4.78, 5) is 13.9. The van der Waals surface area contributed by atoms with Crippen LogP contribution in [0.5, 0.6) is 0 Å². The van der Waals surface area contributed by atoms with E-state index >= 15 is 0 Å². The van der Waals surface area contributed by atoms with Crippen LogP contribution in [0.15, 0.2) is 12.1 Å². The molecule has 4 nitrogen and oxygen atoms in total. The maximum atomic E-state index is 12.0. The number of hydrogen-bond acceptors (Lipinski definition) is 3. The fourth-order valence-electron chi connectivity index (χ4n) is 1.53. The molecule has 0 fully saturated rings. The maximum absolute atomic E-state index is 12.0. The fraction of sp³-hybridized carbons (Fsp3) is 0.417. The predicted octanol–water partition coefficient (Wildman–Crippen LogP) is 2.75. The first-order valence-corrected chi connectivity index (χ1v) is 8.99. The number of halogens is 3. The minimum Gasteiger partial charge on any atom is -0.395 e. The van der Waals surface area contributed by atoms with Crippen LogP contribution in [0.3, 0.4) is 0 Å². The molecule has 106 valence electrons. The van der Waals surface area contributed by atoms with Gasteiger partial charge in [-0.2, -0.15) is 0 Å². The summed E-state index contributed by atoms with van der Waals surface area (Å²) in [5.41, 5.74) is 0.867. The molecule has 1 aromatic carbocycles. The minimum absolute atomic E-state index is 0.0488. The van der Waals surface area contributed by atoms with Crippen LogP contribution in [0, 0.1) is 10.7 Å². The summed E-state index contributed by atoms with van der Waals surface area (Å²) in [6.07, 6.45) is 0. The molecule has 19 heavy (non-hydrogen) atoms. The van der Waals surface area contributed by atoms with E-state index in [0.29, 0.717) is 13.1 Å². The van der Waals surface area contributed by atoms with Gasteiger partial charge in [0, 0.05) is 17.3 Å². The molecule has 0 saturated carbocycles. The van der Waals surface area contributed by atoms with E-state index in [4.69, 9.17) is 5.11 Å². The molecule has 0 spiro atoms. The maximum Gasteiger partial charge on any atom is 0.238 e. The second-order valence-electron chi connectivity index (χ2n) is 3.88. The molecule has 0 heterocycles. The Hall–Kier alpha value is 0.800. The van der Waals surface area contributed by atoms with Crippen molar-refractivity contribution in [1.82, 2.24) is 4.90 Å². The van der Waals surface area contributed by atoms with Gasteiger partial charge in [-0.05, 0) is 86.5 Å². The number of aliphatic hydroxyl groups is 1. The number of anilines is 1.